The molecular weight excluding hydrogens is 540 g/mol. The first kappa shape index (κ1) is 27.4. The van der Waals surface area contributed by atoms with Gasteiger partial charge in [-0.25, -0.2) is 9.79 Å². The van der Waals surface area contributed by atoms with Gasteiger partial charge in [0.15, 0.2) is 5.82 Å². The van der Waals surface area contributed by atoms with E-state index >= 15 is 0 Å². The number of benzene rings is 2. The topological polar surface area (TPSA) is 186 Å². The summed E-state index contributed by atoms with van der Waals surface area (Å²) in [6.45, 7) is 3.42. The second-order valence-corrected chi connectivity index (χ2v) is 9.10. The number of nitrogens with two attached hydrogens (primary N) is 1. The molecule has 4 aromatic rings. The number of fused-ring (bicyclic) bond motifs is 2. The fraction of sp³-hybridized carbons (Fsp3) is 0.133. The third-order valence-electron chi connectivity index (χ3n) is 6.59. The van der Waals surface area contributed by atoms with Crippen LogP contribution in [0.2, 0.25) is 0 Å². The Kier molecular flexibility index (Phi) is 7.05. The zero-order valence-electron chi connectivity index (χ0n) is 22.6. The van der Waals surface area contributed by atoms with E-state index in [1.807, 2.05) is 12.1 Å². The van der Waals surface area contributed by atoms with Crippen molar-refractivity contribution >= 4 is 34.3 Å². The molecule has 2 aromatic heterocycles. The molecule has 0 saturated heterocycles. The fourth-order valence-corrected chi connectivity index (χ4v) is 4.61. The molecule has 0 saturated carbocycles. The van der Waals surface area contributed by atoms with Gasteiger partial charge in [0.1, 0.15) is 52.3 Å². The quantitative estimate of drug-likeness (QED) is 0.342. The predicted octanol–water partition coefficient (Wildman–Crippen LogP) is 3.20. The van der Waals surface area contributed by atoms with E-state index in [0.717, 1.165) is 16.5 Å². The number of pyridine rings is 1. The van der Waals surface area contributed by atoms with Crippen LogP contribution in [0.1, 0.15) is 29.2 Å². The molecule has 3 N–H and O–H groups in total. The summed E-state index contributed by atoms with van der Waals surface area (Å²) in [5.74, 6) is -1.02. The molecule has 42 heavy (non-hydrogen) atoms. The molecule has 0 fully saturated rings. The van der Waals surface area contributed by atoms with Gasteiger partial charge in [-0.05, 0) is 50.2 Å². The van der Waals surface area contributed by atoms with Crippen LogP contribution in [0.4, 0.5) is 5.82 Å². The number of hydrogen-bond donors (Lipinski definition) is 2. The number of nitrogens with one attached hydrogen (secondary N) is 1. The van der Waals surface area contributed by atoms with Crippen molar-refractivity contribution in [3.05, 3.63) is 97.1 Å². The van der Waals surface area contributed by atoms with Crippen LogP contribution in [-0.4, -0.2) is 30.2 Å². The fourth-order valence-electron chi connectivity index (χ4n) is 4.61. The van der Waals surface area contributed by atoms with Gasteiger partial charge < -0.3 is 19.6 Å². The van der Waals surface area contributed by atoms with Crippen molar-refractivity contribution in [1.29, 1.82) is 10.5 Å². The summed E-state index contributed by atoms with van der Waals surface area (Å²) in [4.78, 5) is 44.8. The number of aryl methyl sites for hydroxylation is 1. The van der Waals surface area contributed by atoms with E-state index in [2.05, 4.69) is 10.4 Å². The molecule has 2 aromatic carbocycles. The highest BCUT2D eigenvalue weighted by Gasteiger charge is 2.31. The molecule has 0 unspecified atom stereocenters. The number of hydrogen-bond acceptors (Lipinski definition) is 11. The van der Waals surface area contributed by atoms with Gasteiger partial charge in [-0.15, -0.1) is 0 Å². The molecular formula is C30H22N6O6. The lowest BCUT2D eigenvalue weighted by atomic mass is 9.96. The van der Waals surface area contributed by atoms with Gasteiger partial charge in [-0.3, -0.25) is 15.0 Å². The lowest BCUT2D eigenvalue weighted by molar-refractivity contribution is -0.137. The van der Waals surface area contributed by atoms with Gasteiger partial charge in [0.05, 0.1) is 30.4 Å². The maximum atomic E-state index is 13.8. The first-order valence-corrected chi connectivity index (χ1v) is 12.6. The number of rotatable bonds is 5. The summed E-state index contributed by atoms with van der Waals surface area (Å²) >= 11 is 0. The number of esters is 1. The van der Waals surface area contributed by atoms with E-state index in [4.69, 9.17) is 19.6 Å². The number of nitriles is 2. The van der Waals surface area contributed by atoms with Gasteiger partial charge in [0, 0.05) is 11.1 Å². The molecule has 12 heteroatoms. The van der Waals surface area contributed by atoms with Crippen molar-refractivity contribution in [1.82, 2.24) is 4.68 Å². The normalized spacial score (nSPS) is 12.4. The van der Waals surface area contributed by atoms with Crippen molar-refractivity contribution in [2.75, 3.05) is 19.1 Å². The summed E-state index contributed by atoms with van der Waals surface area (Å²) < 4.78 is 16.9. The van der Waals surface area contributed by atoms with Crippen molar-refractivity contribution < 1.29 is 18.7 Å². The SMILES string of the molecule is CCOC(=O)C1=C(c2ccc(OC)cc2)Nn2c(c(C#N)c(-c3coc4ccc(C)cc4c3=O)c(C#N)c2=O)N=C1N. The Morgan fingerprint density at radius 3 is 2.48 bits per heavy atom. The molecule has 12 nitrogen and oxygen atoms in total. The maximum absolute atomic E-state index is 13.8. The van der Waals surface area contributed by atoms with Gasteiger partial charge in [0.25, 0.3) is 5.56 Å². The molecule has 5 rings (SSSR count). The van der Waals surface area contributed by atoms with E-state index in [1.54, 1.807) is 56.3 Å². The average molecular weight is 563 g/mol. The number of methoxy groups -OCH3 is 1. The molecule has 0 amide bonds. The number of carbonyl (C=O) groups is 1. The Morgan fingerprint density at radius 2 is 1.83 bits per heavy atom. The zero-order valence-corrected chi connectivity index (χ0v) is 22.6. The smallest absolute Gasteiger partial charge is 0.344 e. The van der Waals surface area contributed by atoms with Crippen LogP contribution in [0, 0.1) is 29.6 Å². The number of aliphatic imine (C=N–C) groups is 1. The van der Waals surface area contributed by atoms with Crippen LogP contribution in [0.3, 0.4) is 0 Å². The van der Waals surface area contributed by atoms with Crippen LogP contribution in [0.5, 0.6) is 5.75 Å². The van der Waals surface area contributed by atoms with Crippen molar-refractivity contribution in [3.63, 3.8) is 0 Å². The third kappa shape index (κ3) is 4.43. The molecule has 0 aliphatic carbocycles. The standard InChI is InChI=1S/C30H22N6O6/c1-4-41-30(39)24-25(16-6-8-17(40-3)9-7-16)35-36-28(34-27(24)33)19(12-31)23(20(13-32)29(36)38)21-14-42-22-10-5-15(2)11-18(22)26(21)37/h5-11,14,35H,4H2,1-3H3,(H2,33,34). The first-order chi connectivity index (χ1) is 20.2. The van der Waals surface area contributed by atoms with Crippen molar-refractivity contribution in [2.45, 2.75) is 13.8 Å². The summed E-state index contributed by atoms with van der Waals surface area (Å²) in [7, 11) is 1.49. The highest BCUT2D eigenvalue weighted by atomic mass is 16.5. The lowest BCUT2D eigenvalue weighted by Gasteiger charge is -2.18. The molecule has 208 valence electrons. The first-order valence-electron chi connectivity index (χ1n) is 12.6. The molecule has 0 spiro atoms. The van der Waals surface area contributed by atoms with Crippen LogP contribution in [0.25, 0.3) is 27.8 Å². The molecule has 0 radical (unpaired) electrons. The van der Waals surface area contributed by atoms with E-state index in [1.165, 1.54) is 7.11 Å². The summed E-state index contributed by atoms with van der Waals surface area (Å²) in [6, 6.07) is 15.2. The van der Waals surface area contributed by atoms with Gasteiger partial charge >= 0.3 is 5.97 Å². The second-order valence-electron chi connectivity index (χ2n) is 9.10. The van der Waals surface area contributed by atoms with Crippen molar-refractivity contribution in [3.8, 4) is 29.0 Å². The highest BCUT2D eigenvalue weighted by molar-refractivity contribution is 6.25. The molecule has 0 bridgehead atoms. The largest absolute Gasteiger partial charge is 0.497 e. The molecule has 3 heterocycles. The number of aromatic nitrogens is 1. The van der Waals surface area contributed by atoms with Crippen LogP contribution in [-0.2, 0) is 9.53 Å². The van der Waals surface area contributed by atoms with E-state index < -0.39 is 22.5 Å². The monoisotopic (exact) mass is 562 g/mol. The Hall–Kier alpha value is -6.14. The summed E-state index contributed by atoms with van der Waals surface area (Å²) in [5.41, 5.74) is 7.62. The van der Waals surface area contributed by atoms with E-state index in [-0.39, 0.29) is 57.2 Å². The minimum absolute atomic E-state index is 0.0157. The van der Waals surface area contributed by atoms with Gasteiger partial charge in [-0.2, -0.15) is 15.2 Å². The summed E-state index contributed by atoms with van der Waals surface area (Å²) in [6.07, 6.45) is 1.09. The average Bonchev–Trinajstić information content (AvgIpc) is 3.14. The van der Waals surface area contributed by atoms with Crippen molar-refractivity contribution in [2.24, 2.45) is 10.7 Å². The van der Waals surface area contributed by atoms with Crippen LogP contribution < -0.4 is 26.9 Å². The second kappa shape index (κ2) is 10.8. The van der Waals surface area contributed by atoms with Crippen LogP contribution >= 0.6 is 0 Å². The number of carbonyl (C=O) groups excluding carboxylic acids is 1. The zero-order chi connectivity index (χ0) is 30.1. The number of nitrogens with zero attached hydrogens (tertiary/aromatic N) is 4. The Morgan fingerprint density at radius 1 is 1.12 bits per heavy atom. The minimum Gasteiger partial charge on any atom is -0.497 e. The van der Waals surface area contributed by atoms with E-state index in [9.17, 15) is 24.9 Å². The molecule has 0 atom stereocenters. The Balaban J connectivity index is 1.85. The van der Waals surface area contributed by atoms with Gasteiger partial charge in [-0.1, -0.05) is 11.6 Å². The van der Waals surface area contributed by atoms with Gasteiger partial charge in [0.2, 0.25) is 5.43 Å². The Bertz CT molecular complexity index is 2060. The Labute approximate surface area is 238 Å². The van der Waals surface area contributed by atoms with E-state index in [0.29, 0.717) is 11.3 Å². The predicted molar refractivity (Wildman–Crippen MR) is 154 cm³/mol. The maximum Gasteiger partial charge on any atom is 0.344 e. The molecule has 1 aliphatic heterocycles. The minimum atomic E-state index is -0.946. The molecule has 1 aliphatic rings. The lowest BCUT2D eigenvalue weighted by Crippen LogP contribution is -2.32. The highest BCUT2D eigenvalue weighted by Crippen LogP contribution is 2.34. The number of ether oxygens (including phenoxy) is 2. The summed E-state index contributed by atoms with van der Waals surface area (Å²) in [5, 5.41) is 20.6. The number of amidine groups is 1. The van der Waals surface area contributed by atoms with Crippen LogP contribution in [0.15, 0.2) is 73.3 Å². The third-order valence-corrected chi connectivity index (χ3v) is 6.59.